The number of carbonyl (C=O) groups excluding carboxylic acids is 1. The number of hydrogen-bond donors (Lipinski definition) is 0. The van der Waals surface area contributed by atoms with E-state index >= 15 is 0 Å². The summed E-state index contributed by atoms with van der Waals surface area (Å²) in [6.45, 7) is 4.39. The van der Waals surface area contributed by atoms with Crippen LogP contribution in [0.25, 0.3) is 6.08 Å². The molecule has 0 radical (unpaired) electrons. The Morgan fingerprint density at radius 3 is 2.62 bits per heavy atom. The third kappa shape index (κ3) is 4.91. The molecular weight excluding hydrogens is 528 g/mol. The van der Waals surface area contributed by atoms with Crippen molar-refractivity contribution >= 4 is 23.4 Å². The maximum atomic E-state index is 13.7. The Bertz CT molecular complexity index is 1790. The molecule has 0 saturated carbocycles. The lowest BCUT2D eigenvalue weighted by molar-refractivity contribution is -0.139. The number of allylic oxidation sites excluding steroid dienone is 1. The molecule has 1 atom stereocenters. The highest BCUT2D eigenvalue weighted by Crippen LogP contribution is 2.33. The van der Waals surface area contributed by atoms with Gasteiger partial charge in [0.05, 0.1) is 28.5 Å². The molecule has 4 aromatic rings. The van der Waals surface area contributed by atoms with Gasteiger partial charge >= 0.3 is 5.97 Å². The van der Waals surface area contributed by atoms with Crippen molar-refractivity contribution in [2.24, 2.45) is 4.99 Å². The second kappa shape index (κ2) is 10.9. The summed E-state index contributed by atoms with van der Waals surface area (Å²) in [6, 6.07) is 22.1. The molecule has 1 aromatic heterocycles. The molecule has 40 heavy (non-hydrogen) atoms. The third-order valence-corrected chi connectivity index (χ3v) is 7.64. The fraction of sp³-hybridized carbons (Fsp3) is 0.194. The van der Waals surface area contributed by atoms with Crippen molar-refractivity contribution in [3.05, 3.63) is 120 Å². The Balaban J connectivity index is 1.29. The minimum atomic E-state index is -0.620. The first-order chi connectivity index (χ1) is 19.5. The van der Waals surface area contributed by atoms with Crippen LogP contribution in [0, 0.1) is 0 Å². The summed E-state index contributed by atoms with van der Waals surface area (Å²) in [5, 5.41) is 0. The van der Waals surface area contributed by atoms with Crippen molar-refractivity contribution in [2.45, 2.75) is 26.5 Å². The number of carbonyl (C=O) groups is 1. The Morgan fingerprint density at radius 1 is 1.07 bits per heavy atom. The van der Waals surface area contributed by atoms with Gasteiger partial charge < -0.3 is 18.9 Å². The summed E-state index contributed by atoms with van der Waals surface area (Å²) < 4.78 is 24.2. The first kappa shape index (κ1) is 25.6. The molecule has 2 aliphatic rings. The molecule has 3 aromatic carbocycles. The zero-order chi connectivity index (χ0) is 27.6. The molecule has 0 amide bonds. The molecule has 0 unspecified atom stereocenters. The molecule has 6 rings (SSSR count). The van der Waals surface area contributed by atoms with Gasteiger partial charge in [0, 0.05) is 0 Å². The van der Waals surface area contributed by atoms with Gasteiger partial charge in [-0.05, 0) is 60.9 Å². The fourth-order valence-electron chi connectivity index (χ4n) is 4.75. The largest absolute Gasteiger partial charge is 0.489 e. The van der Waals surface area contributed by atoms with Gasteiger partial charge in [-0.1, -0.05) is 59.9 Å². The van der Waals surface area contributed by atoms with Crippen molar-refractivity contribution in [2.75, 3.05) is 13.4 Å². The minimum absolute atomic E-state index is 0.213. The molecule has 0 N–H and O–H groups in total. The van der Waals surface area contributed by atoms with Crippen molar-refractivity contribution in [3.63, 3.8) is 0 Å². The summed E-state index contributed by atoms with van der Waals surface area (Å²) in [7, 11) is 0. The van der Waals surface area contributed by atoms with Crippen LogP contribution < -0.4 is 29.1 Å². The Labute approximate surface area is 234 Å². The monoisotopic (exact) mass is 554 g/mol. The quantitative estimate of drug-likeness (QED) is 0.320. The van der Waals surface area contributed by atoms with Gasteiger partial charge in [0.2, 0.25) is 6.79 Å². The van der Waals surface area contributed by atoms with Crippen LogP contribution in [0.5, 0.6) is 17.2 Å². The number of thiazole rings is 1. The molecular formula is C31H26N2O6S. The summed E-state index contributed by atoms with van der Waals surface area (Å²) >= 11 is 1.30. The van der Waals surface area contributed by atoms with Gasteiger partial charge in [-0.25, -0.2) is 9.79 Å². The van der Waals surface area contributed by atoms with Crippen molar-refractivity contribution in [1.82, 2.24) is 4.57 Å². The van der Waals surface area contributed by atoms with Crippen LogP contribution in [-0.4, -0.2) is 23.9 Å². The van der Waals surface area contributed by atoms with Gasteiger partial charge in [-0.3, -0.25) is 9.36 Å². The van der Waals surface area contributed by atoms with Crippen molar-refractivity contribution in [1.29, 1.82) is 0 Å². The van der Waals surface area contributed by atoms with Crippen LogP contribution in [-0.2, 0) is 16.1 Å². The Kier molecular flexibility index (Phi) is 6.96. The SMILES string of the molecule is CCOC(=O)C1=C(C)N=c2s/c(=C\c3ccc(OCc4ccc5c(c4)OCO5)cc3)c(=O)n2[C@@H]1c1ccccc1. The van der Waals surface area contributed by atoms with E-state index in [2.05, 4.69) is 4.99 Å². The normalized spacial score (nSPS) is 15.9. The Hall–Kier alpha value is -4.63. The summed E-state index contributed by atoms with van der Waals surface area (Å²) in [5.41, 5.74) is 3.34. The number of ether oxygens (including phenoxy) is 4. The second-order valence-electron chi connectivity index (χ2n) is 9.26. The molecule has 0 saturated heterocycles. The lowest BCUT2D eigenvalue weighted by Crippen LogP contribution is -2.39. The first-order valence-electron chi connectivity index (χ1n) is 12.9. The first-order valence-corrected chi connectivity index (χ1v) is 13.7. The van der Waals surface area contributed by atoms with Crippen LogP contribution in [0.3, 0.4) is 0 Å². The smallest absolute Gasteiger partial charge is 0.338 e. The molecule has 0 bridgehead atoms. The van der Waals surface area contributed by atoms with Crippen LogP contribution in [0.2, 0.25) is 0 Å². The minimum Gasteiger partial charge on any atom is -0.489 e. The number of hydrogen-bond acceptors (Lipinski definition) is 8. The van der Waals surface area contributed by atoms with Crippen LogP contribution in [0.4, 0.5) is 0 Å². The standard InChI is InChI=1S/C31H26N2O6S/c1-3-36-30(35)27-19(2)32-31-33(28(27)22-7-5-4-6-8-22)29(34)26(40-31)16-20-9-12-23(13-10-20)37-17-21-11-14-24-25(15-21)39-18-38-24/h4-16,28H,3,17-18H2,1-2H3/b26-16-/t28-/m1/s1. The van der Waals surface area contributed by atoms with Crippen LogP contribution in [0.15, 0.2) is 93.9 Å². The predicted octanol–water partition coefficient (Wildman–Crippen LogP) is 4.11. The molecule has 2 aliphatic heterocycles. The predicted molar refractivity (Wildman–Crippen MR) is 150 cm³/mol. The highest BCUT2D eigenvalue weighted by molar-refractivity contribution is 7.07. The second-order valence-corrected chi connectivity index (χ2v) is 10.3. The van der Waals surface area contributed by atoms with Crippen molar-refractivity contribution in [3.8, 4) is 17.2 Å². The summed E-state index contributed by atoms with van der Waals surface area (Å²) in [4.78, 5) is 31.8. The molecule has 3 heterocycles. The molecule has 0 fully saturated rings. The van der Waals surface area contributed by atoms with E-state index in [0.717, 1.165) is 28.2 Å². The van der Waals surface area contributed by atoms with Gasteiger partial charge in [0.25, 0.3) is 5.56 Å². The van der Waals surface area contributed by atoms with Gasteiger partial charge in [0.15, 0.2) is 16.3 Å². The average Bonchev–Trinajstić information content (AvgIpc) is 3.56. The molecule has 202 valence electrons. The summed E-state index contributed by atoms with van der Waals surface area (Å²) in [6.07, 6.45) is 1.83. The number of rotatable bonds is 7. The topological polar surface area (TPSA) is 88.4 Å². The number of aromatic nitrogens is 1. The lowest BCUT2D eigenvalue weighted by Gasteiger charge is -2.24. The highest BCUT2D eigenvalue weighted by atomic mass is 32.1. The number of benzene rings is 3. The maximum Gasteiger partial charge on any atom is 0.338 e. The van der Waals surface area contributed by atoms with Crippen molar-refractivity contribution < 1.29 is 23.7 Å². The van der Waals surface area contributed by atoms with Gasteiger partial charge in [0.1, 0.15) is 12.4 Å². The molecule has 9 heteroatoms. The third-order valence-electron chi connectivity index (χ3n) is 6.65. The van der Waals surface area contributed by atoms with E-state index in [4.69, 9.17) is 18.9 Å². The van der Waals surface area contributed by atoms with Crippen LogP contribution in [0.1, 0.15) is 36.6 Å². The van der Waals surface area contributed by atoms with Gasteiger partial charge in [-0.2, -0.15) is 0 Å². The number of esters is 1. The maximum absolute atomic E-state index is 13.7. The number of nitrogens with zero attached hydrogens (tertiary/aromatic N) is 2. The van der Waals surface area contributed by atoms with E-state index in [1.54, 1.807) is 18.4 Å². The zero-order valence-electron chi connectivity index (χ0n) is 22.0. The van der Waals surface area contributed by atoms with Gasteiger partial charge in [-0.15, -0.1) is 0 Å². The van der Waals surface area contributed by atoms with E-state index in [1.165, 1.54) is 11.3 Å². The molecule has 8 nitrogen and oxygen atoms in total. The number of fused-ring (bicyclic) bond motifs is 2. The van der Waals surface area contributed by atoms with Crippen LogP contribution >= 0.6 is 11.3 Å². The fourth-order valence-corrected chi connectivity index (χ4v) is 5.80. The van der Waals surface area contributed by atoms with E-state index in [9.17, 15) is 9.59 Å². The van der Waals surface area contributed by atoms with E-state index in [-0.39, 0.29) is 19.0 Å². The molecule has 0 spiro atoms. The van der Waals surface area contributed by atoms with E-state index < -0.39 is 12.0 Å². The zero-order valence-corrected chi connectivity index (χ0v) is 22.8. The van der Waals surface area contributed by atoms with E-state index in [1.807, 2.05) is 78.9 Å². The van der Waals surface area contributed by atoms with E-state index in [0.29, 0.717) is 33.0 Å². The molecule has 0 aliphatic carbocycles. The summed E-state index contributed by atoms with van der Waals surface area (Å²) in [5.74, 6) is 1.69. The average molecular weight is 555 g/mol. The lowest BCUT2D eigenvalue weighted by atomic mass is 9.96. The highest BCUT2D eigenvalue weighted by Gasteiger charge is 2.33. The Morgan fingerprint density at radius 2 is 1.85 bits per heavy atom.